The summed E-state index contributed by atoms with van der Waals surface area (Å²) in [6, 6.07) is 6.96. The summed E-state index contributed by atoms with van der Waals surface area (Å²) in [5.41, 5.74) is 2.24. The molecule has 43 heavy (non-hydrogen) atoms. The van der Waals surface area contributed by atoms with Gasteiger partial charge in [-0.05, 0) is 49.3 Å². The highest BCUT2D eigenvalue weighted by molar-refractivity contribution is 6.03. The van der Waals surface area contributed by atoms with E-state index in [-0.39, 0.29) is 34.6 Å². The summed E-state index contributed by atoms with van der Waals surface area (Å²) >= 11 is 0. The minimum Gasteiger partial charge on any atom is -0.493 e. The van der Waals surface area contributed by atoms with E-state index < -0.39 is 5.91 Å². The molecule has 0 bridgehead atoms. The fourth-order valence-electron chi connectivity index (χ4n) is 5.16. The number of fused-ring (bicyclic) bond motifs is 1. The number of rotatable bonds is 12. The van der Waals surface area contributed by atoms with Gasteiger partial charge in [0.2, 0.25) is 17.7 Å². The first kappa shape index (κ1) is 30.2. The van der Waals surface area contributed by atoms with Crippen LogP contribution in [0.2, 0.25) is 0 Å². The van der Waals surface area contributed by atoms with Gasteiger partial charge in [0, 0.05) is 44.2 Å². The lowest BCUT2D eigenvalue weighted by Gasteiger charge is -2.32. The van der Waals surface area contributed by atoms with Crippen LogP contribution in [0.15, 0.2) is 34.8 Å². The van der Waals surface area contributed by atoms with Gasteiger partial charge in [-0.1, -0.05) is 26.0 Å². The second-order valence-electron chi connectivity index (χ2n) is 11.2. The van der Waals surface area contributed by atoms with Crippen molar-refractivity contribution in [2.45, 2.75) is 25.7 Å². The molecular formula is C31H40N6O6. The number of furan rings is 1. The van der Waals surface area contributed by atoms with Crippen LogP contribution < -0.4 is 29.6 Å². The number of piperazine rings is 1. The molecule has 0 radical (unpaired) electrons. The summed E-state index contributed by atoms with van der Waals surface area (Å²) in [6.07, 6.45) is 5.15. The van der Waals surface area contributed by atoms with E-state index in [9.17, 15) is 4.79 Å². The van der Waals surface area contributed by atoms with Crippen LogP contribution in [0.4, 0.5) is 11.6 Å². The van der Waals surface area contributed by atoms with Gasteiger partial charge >= 0.3 is 0 Å². The Balaban J connectivity index is 1.23. The third kappa shape index (κ3) is 6.86. The number of nitrogens with one attached hydrogen (secondary N) is 2. The number of hydrogen-bond acceptors (Lipinski definition) is 11. The van der Waals surface area contributed by atoms with Crippen molar-refractivity contribution in [1.82, 2.24) is 19.8 Å². The number of benzene rings is 1. The largest absolute Gasteiger partial charge is 0.493 e. The molecule has 3 heterocycles. The molecule has 1 amide bonds. The molecule has 0 saturated carbocycles. The fourth-order valence-corrected chi connectivity index (χ4v) is 5.16. The van der Waals surface area contributed by atoms with Gasteiger partial charge in [0.15, 0.2) is 22.9 Å². The van der Waals surface area contributed by atoms with E-state index in [4.69, 9.17) is 23.4 Å². The lowest BCUT2D eigenvalue weighted by molar-refractivity contribution is 0.0990. The van der Waals surface area contributed by atoms with Crippen molar-refractivity contribution in [2.24, 2.45) is 0 Å². The van der Waals surface area contributed by atoms with Gasteiger partial charge in [-0.3, -0.25) is 4.79 Å². The summed E-state index contributed by atoms with van der Waals surface area (Å²) in [7, 11) is 6.66. The Kier molecular flexibility index (Phi) is 9.07. The highest BCUT2D eigenvalue weighted by atomic mass is 16.6. The van der Waals surface area contributed by atoms with Crippen LogP contribution in [0.3, 0.4) is 0 Å². The van der Waals surface area contributed by atoms with Crippen LogP contribution in [-0.2, 0) is 5.41 Å². The maximum absolute atomic E-state index is 13.2. The highest BCUT2D eigenvalue weighted by Gasteiger charge is 2.28. The van der Waals surface area contributed by atoms with Crippen molar-refractivity contribution in [3.8, 4) is 29.2 Å². The van der Waals surface area contributed by atoms with E-state index in [1.54, 1.807) is 13.2 Å². The van der Waals surface area contributed by atoms with Crippen molar-refractivity contribution < 1.29 is 28.2 Å². The average Bonchev–Trinajstić information content (AvgIpc) is 3.59. The molecule has 1 saturated heterocycles. The monoisotopic (exact) mass is 592 g/mol. The minimum atomic E-state index is -0.547. The summed E-state index contributed by atoms with van der Waals surface area (Å²) in [5, 5.41) is 5.98. The predicted molar refractivity (Wildman–Crippen MR) is 164 cm³/mol. The third-order valence-corrected chi connectivity index (χ3v) is 7.72. The number of carbonyl (C=O) groups is 1. The van der Waals surface area contributed by atoms with Crippen molar-refractivity contribution in [2.75, 3.05) is 78.3 Å². The van der Waals surface area contributed by atoms with Gasteiger partial charge in [0.25, 0.3) is 11.9 Å². The van der Waals surface area contributed by atoms with E-state index in [2.05, 4.69) is 63.4 Å². The molecular weight excluding hydrogens is 552 g/mol. The van der Waals surface area contributed by atoms with Gasteiger partial charge < -0.3 is 43.8 Å². The van der Waals surface area contributed by atoms with Crippen LogP contribution in [0, 0.1) is 0 Å². The second-order valence-corrected chi connectivity index (χ2v) is 11.2. The minimum absolute atomic E-state index is 0.0207. The van der Waals surface area contributed by atoms with Crippen molar-refractivity contribution in [3.05, 3.63) is 47.2 Å². The molecule has 1 aromatic carbocycles. The van der Waals surface area contributed by atoms with Gasteiger partial charge in [-0.2, -0.15) is 9.97 Å². The van der Waals surface area contributed by atoms with Crippen LogP contribution in [0.25, 0.3) is 6.08 Å². The fraction of sp³-hybridized carbons (Fsp3) is 0.452. The maximum atomic E-state index is 13.2. The predicted octanol–water partition coefficient (Wildman–Crippen LogP) is 4.49. The number of nitrogens with zero attached hydrogens (tertiary/aromatic N) is 4. The summed E-state index contributed by atoms with van der Waals surface area (Å²) in [4.78, 5) is 26.8. The Hall–Kier alpha value is -4.29. The molecule has 0 unspecified atom stereocenters. The molecule has 2 N–H and O–H groups in total. The van der Waals surface area contributed by atoms with Crippen molar-refractivity contribution >= 4 is 23.6 Å². The number of anilines is 2. The zero-order valence-electron chi connectivity index (χ0n) is 25.7. The molecule has 12 nitrogen and oxygen atoms in total. The van der Waals surface area contributed by atoms with Crippen LogP contribution in [-0.4, -0.2) is 93.3 Å². The number of amides is 1. The summed E-state index contributed by atoms with van der Waals surface area (Å²) < 4.78 is 28.2. The first-order chi connectivity index (χ1) is 20.7. The average molecular weight is 593 g/mol. The maximum Gasteiger partial charge on any atom is 0.291 e. The standard InChI is InChI=1S/C31H40N6O6/c1-31(2)11-10-20-18-23(39-4)24(19-21(20)31)43-25-9-8-22(42-25)27(38)33-26-28(40-5)34-30(35-29(26)41-6)32-12-7-13-37-16-14-36(3)15-17-37/h8-11,18-19H,7,12-17H2,1-6H3,(H,33,38)(H,32,34,35). The lowest BCUT2D eigenvalue weighted by atomic mass is 9.87. The van der Waals surface area contributed by atoms with Crippen LogP contribution >= 0.6 is 0 Å². The Bertz CT molecular complexity index is 1450. The molecule has 1 fully saturated rings. The van der Waals surface area contributed by atoms with Gasteiger partial charge in [-0.15, -0.1) is 0 Å². The van der Waals surface area contributed by atoms with Gasteiger partial charge in [0.05, 0.1) is 21.3 Å². The first-order valence-corrected chi connectivity index (χ1v) is 14.4. The summed E-state index contributed by atoms with van der Waals surface area (Å²) in [6.45, 7) is 10.3. The number of ether oxygens (including phenoxy) is 4. The van der Waals surface area contributed by atoms with E-state index in [1.165, 1.54) is 20.3 Å². The number of methoxy groups -OCH3 is 3. The normalized spacial score (nSPS) is 16.0. The van der Waals surface area contributed by atoms with Gasteiger partial charge in [0.1, 0.15) is 0 Å². The molecule has 0 spiro atoms. The number of carbonyl (C=O) groups excluding carboxylic acids is 1. The molecule has 3 aromatic rings. The zero-order valence-corrected chi connectivity index (χ0v) is 25.7. The van der Waals surface area contributed by atoms with Crippen molar-refractivity contribution in [3.63, 3.8) is 0 Å². The lowest BCUT2D eigenvalue weighted by Crippen LogP contribution is -2.44. The Morgan fingerprint density at radius 1 is 1.00 bits per heavy atom. The number of allylic oxidation sites excluding steroid dienone is 1. The molecule has 0 atom stereocenters. The molecule has 1 aliphatic heterocycles. The Morgan fingerprint density at radius 2 is 1.72 bits per heavy atom. The quantitative estimate of drug-likeness (QED) is 0.289. The summed E-state index contributed by atoms with van der Waals surface area (Å²) in [5.74, 6) is 1.32. The van der Waals surface area contributed by atoms with Gasteiger partial charge in [-0.25, -0.2) is 0 Å². The van der Waals surface area contributed by atoms with Crippen LogP contribution in [0.5, 0.6) is 29.2 Å². The Morgan fingerprint density at radius 3 is 2.40 bits per heavy atom. The molecule has 230 valence electrons. The first-order valence-electron chi connectivity index (χ1n) is 14.4. The zero-order chi connectivity index (χ0) is 30.6. The van der Waals surface area contributed by atoms with Crippen LogP contribution in [0.1, 0.15) is 41.9 Å². The molecule has 2 aliphatic rings. The third-order valence-electron chi connectivity index (χ3n) is 7.72. The Labute approximate surface area is 252 Å². The van der Waals surface area contributed by atoms with Crippen molar-refractivity contribution in [1.29, 1.82) is 0 Å². The molecule has 5 rings (SSSR count). The second kappa shape index (κ2) is 12.9. The highest BCUT2D eigenvalue weighted by Crippen LogP contribution is 2.43. The van der Waals surface area contributed by atoms with E-state index in [0.717, 1.165) is 50.3 Å². The topological polar surface area (TPSA) is 123 Å². The SMILES string of the molecule is COc1cc2c(cc1Oc1ccc(C(=O)Nc3c(OC)nc(NCCCN4CCN(C)CC4)nc3OC)o1)C(C)(C)C=C2. The molecule has 1 aliphatic carbocycles. The number of likely N-dealkylation sites (N-methyl/N-ethyl adjacent to an activating group) is 1. The number of aromatic nitrogens is 2. The number of hydrogen-bond donors (Lipinski definition) is 2. The van der Waals surface area contributed by atoms with E-state index in [1.807, 2.05) is 12.1 Å². The van der Waals surface area contributed by atoms with E-state index in [0.29, 0.717) is 24.0 Å². The van der Waals surface area contributed by atoms with E-state index >= 15 is 0 Å². The smallest absolute Gasteiger partial charge is 0.291 e. The molecule has 2 aromatic heterocycles. The molecule has 12 heteroatoms.